The van der Waals surface area contributed by atoms with E-state index in [2.05, 4.69) is 29.4 Å². The highest BCUT2D eigenvalue weighted by Crippen LogP contribution is 2.31. The summed E-state index contributed by atoms with van der Waals surface area (Å²) in [6, 6.07) is 25.9. The number of anilines is 1. The van der Waals surface area contributed by atoms with Gasteiger partial charge in [-0.1, -0.05) is 66.7 Å². The standard InChI is InChI=1S/C27H26N4O/c1-19-8-5-6-9-20(19)15-17-30-27-23(25(26(28)32)22-12-7-16-29-18-22)13-14-24(31-27)21-10-3-2-4-11-21/h2-14,16,18,25H,15,17H2,1H3,(H2,28,32)(H,30,31). The number of benzene rings is 2. The molecule has 4 rings (SSSR count). The molecule has 160 valence electrons. The van der Waals surface area contributed by atoms with E-state index < -0.39 is 11.8 Å². The van der Waals surface area contributed by atoms with Gasteiger partial charge in [-0.05, 0) is 42.2 Å². The number of carbonyl (C=O) groups excluding carboxylic acids is 1. The van der Waals surface area contributed by atoms with Gasteiger partial charge in [0.2, 0.25) is 5.91 Å². The lowest BCUT2D eigenvalue weighted by molar-refractivity contribution is -0.118. The normalized spacial score (nSPS) is 11.7. The molecule has 0 saturated carbocycles. The van der Waals surface area contributed by atoms with Gasteiger partial charge in [0.25, 0.3) is 0 Å². The summed E-state index contributed by atoms with van der Waals surface area (Å²) in [5.74, 6) is -0.413. The lowest BCUT2D eigenvalue weighted by Gasteiger charge is -2.19. The molecule has 2 aromatic heterocycles. The Morgan fingerprint density at radius 3 is 2.47 bits per heavy atom. The van der Waals surface area contributed by atoms with Gasteiger partial charge in [-0.2, -0.15) is 0 Å². The largest absolute Gasteiger partial charge is 0.369 e. The topological polar surface area (TPSA) is 80.9 Å². The zero-order chi connectivity index (χ0) is 22.3. The van der Waals surface area contributed by atoms with Gasteiger partial charge in [0, 0.05) is 30.1 Å². The minimum absolute atomic E-state index is 0.436. The zero-order valence-corrected chi connectivity index (χ0v) is 18.0. The molecule has 2 aromatic carbocycles. The van der Waals surface area contributed by atoms with Crippen molar-refractivity contribution in [3.05, 3.63) is 114 Å². The van der Waals surface area contributed by atoms with Crippen molar-refractivity contribution in [2.75, 3.05) is 11.9 Å². The first kappa shape index (κ1) is 21.2. The molecule has 1 atom stereocenters. The summed E-state index contributed by atoms with van der Waals surface area (Å²) in [7, 11) is 0. The van der Waals surface area contributed by atoms with Crippen LogP contribution < -0.4 is 11.1 Å². The number of hydrogen-bond acceptors (Lipinski definition) is 4. The van der Waals surface area contributed by atoms with Crippen LogP contribution in [-0.2, 0) is 11.2 Å². The monoisotopic (exact) mass is 422 g/mol. The molecule has 0 spiro atoms. The van der Waals surface area contributed by atoms with E-state index >= 15 is 0 Å². The molecule has 0 aliphatic heterocycles. The van der Waals surface area contributed by atoms with Gasteiger partial charge in [-0.25, -0.2) is 4.98 Å². The molecule has 5 nitrogen and oxygen atoms in total. The SMILES string of the molecule is Cc1ccccc1CCNc1nc(-c2ccccc2)ccc1C(C(N)=O)c1cccnc1. The van der Waals surface area contributed by atoms with Crippen LogP contribution in [0.25, 0.3) is 11.3 Å². The van der Waals surface area contributed by atoms with Crippen LogP contribution in [0.4, 0.5) is 5.82 Å². The number of aromatic nitrogens is 2. The van der Waals surface area contributed by atoms with Crippen LogP contribution in [0.2, 0.25) is 0 Å². The quantitative estimate of drug-likeness (QED) is 0.430. The third-order valence-electron chi connectivity index (χ3n) is 5.56. The third kappa shape index (κ3) is 4.83. The van der Waals surface area contributed by atoms with Crippen molar-refractivity contribution in [2.45, 2.75) is 19.3 Å². The van der Waals surface area contributed by atoms with Gasteiger partial charge in [0.15, 0.2) is 0 Å². The number of nitrogens with zero attached hydrogens (tertiary/aromatic N) is 2. The molecule has 1 unspecified atom stereocenters. The lowest BCUT2D eigenvalue weighted by atomic mass is 9.91. The average Bonchev–Trinajstić information content (AvgIpc) is 2.82. The fraction of sp³-hybridized carbons (Fsp3) is 0.148. The summed E-state index contributed by atoms with van der Waals surface area (Å²) in [6.07, 6.45) is 4.20. The minimum atomic E-state index is -0.637. The van der Waals surface area contributed by atoms with Crippen molar-refractivity contribution in [3.8, 4) is 11.3 Å². The fourth-order valence-corrected chi connectivity index (χ4v) is 3.86. The summed E-state index contributed by atoms with van der Waals surface area (Å²) >= 11 is 0. The number of amides is 1. The number of rotatable bonds is 8. The Hall–Kier alpha value is -3.99. The first-order valence-electron chi connectivity index (χ1n) is 10.7. The smallest absolute Gasteiger partial charge is 0.229 e. The van der Waals surface area contributed by atoms with E-state index in [0.29, 0.717) is 12.4 Å². The molecule has 0 fully saturated rings. The second-order valence-corrected chi connectivity index (χ2v) is 7.73. The molecule has 0 saturated heterocycles. The number of nitrogens with two attached hydrogens (primary N) is 1. The maximum atomic E-state index is 12.5. The van der Waals surface area contributed by atoms with Crippen molar-refractivity contribution >= 4 is 11.7 Å². The van der Waals surface area contributed by atoms with Gasteiger partial charge in [0.1, 0.15) is 5.82 Å². The lowest BCUT2D eigenvalue weighted by Crippen LogP contribution is -2.24. The molecule has 1 amide bonds. The summed E-state index contributed by atoms with van der Waals surface area (Å²) in [5, 5.41) is 3.46. The molecule has 0 radical (unpaired) electrons. The summed E-state index contributed by atoms with van der Waals surface area (Å²) in [6.45, 7) is 2.79. The van der Waals surface area contributed by atoms with Crippen LogP contribution in [0.5, 0.6) is 0 Å². The summed E-state index contributed by atoms with van der Waals surface area (Å²) < 4.78 is 0. The van der Waals surface area contributed by atoms with Crippen molar-refractivity contribution < 1.29 is 4.79 Å². The number of nitrogens with one attached hydrogen (secondary N) is 1. The maximum Gasteiger partial charge on any atom is 0.229 e. The number of primary amides is 1. The second kappa shape index (κ2) is 9.88. The predicted molar refractivity (Wildman–Crippen MR) is 128 cm³/mol. The molecule has 4 aromatic rings. The Morgan fingerprint density at radius 2 is 1.75 bits per heavy atom. The molecule has 32 heavy (non-hydrogen) atoms. The van der Waals surface area contributed by atoms with Gasteiger partial charge < -0.3 is 11.1 Å². The molecule has 5 heteroatoms. The van der Waals surface area contributed by atoms with E-state index in [4.69, 9.17) is 10.7 Å². The van der Waals surface area contributed by atoms with Crippen LogP contribution in [0.1, 0.15) is 28.2 Å². The van der Waals surface area contributed by atoms with Gasteiger partial charge >= 0.3 is 0 Å². The van der Waals surface area contributed by atoms with E-state index in [1.165, 1.54) is 11.1 Å². The molecule has 0 bridgehead atoms. The van der Waals surface area contributed by atoms with Crippen LogP contribution in [0.3, 0.4) is 0 Å². The summed E-state index contributed by atoms with van der Waals surface area (Å²) in [5.41, 5.74) is 11.7. The van der Waals surface area contributed by atoms with Crippen LogP contribution in [-0.4, -0.2) is 22.4 Å². The highest BCUT2D eigenvalue weighted by Gasteiger charge is 2.24. The number of pyridine rings is 2. The van der Waals surface area contributed by atoms with Crippen molar-refractivity contribution in [1.82, 2.24) is 9.97 Å². The van der Waals surface area contributed by atoms with Crippen molar-refractivity contribution in [3.63, 3.8) is 0 Å². The molecule has 0 aliphatic rings. The fourth-order valence-electron chi connectivity index (χ4n) is 3.86. The maximum absolute atomic E-state index is 12.5. The average molecular weight is 423 g/mol. The van der Waals surface area contributed by atoms with Crippen LogP contribution in [0.15, 0.2) is 91.3 Å². The summed E-state index contributed by atoms with van der Waals surface area (Å²) in [4.78, 5) is 21.5. The minimum Gasteiger partial charge on any atom is -0.369 e. The van der Waals surface area contributed by atoms with E-state index in [1.54, 1.807) is 12.4 Å². The van der Waals surface area contributed by atoms with Gasteiger partial charge in [-0.15, -0.1) is 0 Å². The van der Waals surface area contributed by atoms with E-state index in [-0.39, 0.29) is 0 Å². The Kier molecular flexibility index (Phi) is 6.56. The second-order valence-electron chi connectivity index (χ2n) is 7.73. The number of aryl methyl sites for hydroxylation is 1. The van der Waals surface area contributed by atoms with Crippen LogP contribution in [0, 0.1) is 6.92 Å². The number of hydrogen-bond donors (Lipinski definition) is 2. The number of carbonyl (C=O) groups is 1. The van der Waals surface area contributed by atoms with Crippen molar-refractivity contribution in [2.24, 2.45) is 5.73 Å². The highest BCUT2D eigenvalue weighted by atomic mass is 16.1. The third-order valence-corrected chi connectivity index (χ3v) is 5.56. The predicted octanol–water partition coefficient (Wildman–Crippen LogP) is 4.72. The molecular weight excluding hydrogens is 396 g/mol. The Morgan fingerprint density at radius 1 is 0.969 bits per heavy atom. The molecule has 3 N–H and O–H groups in total. The van der Waals surface area contributed by atoms with Crippen molar-refractivity contribution in [1.29, 1.82) is 0 Å². The van der Waals surface area contributed by atoms with Crippen LogP contribution >= 0.6 is 0 Å². The highest BCUT2D eigenvalue weighted by molar-refractivity contribution is 5.87. The van der Waals surface area contributed by atoms with E-state index in [0.717, 1.165) is 28.8 Å². The molecular formula is C27H26N4O. The Bertz CT molecular complexity index is 1190. The van der Waals surface area contributed by atoms with E-state index in [9.17, 15) is 4.79 Å². The molecule has 0 aliphatic carbocycles. The Labute approximate surface area is 188 Å². The Balaban J connectivity index is 1.70. The zero-order valence-electron chi connectivity index (χ0n) is 18.0. The molecule has 2 heterocycles. The first-order chi connectivity index (χ1) is 15.6. The van der Waals surface area contributed by atoms with Gasteiger partial charge in [0.05, 0.1) is 11.6 Å². The first-order valence-corrected chi connectivity index (χ1v) is 10.7. The van der Waals surface area contributed by atoms with Gasteiger partial charge in [-0.3, -0.25) is 9.78 Å². The van der Waals surface area contributed by atoms with E-state index in [1.807, 2.05) is 66.7 Å².